The Morgan fingerprint density at radius 1 is 1.12 bits per heavy atom. The highest BCUT2D eigenvalue weighted by atomic mass is 16.2. The number of carbonyl (C=O) groups is 1. The fourth-order valence-corrected chi connectivity index (χ4v) is 4.37. The Kier molecular flexibility index (Phi) is 4.34. The van der Waals surface area contributed by atoms with Crippen molar-refractivity contribution < 1.29 is 4.79 Å². The Morgan fingerprint density at radius 3 is 2.80 bits per heavy atom. The van der Waals surface area contributed by atoms with Gasteiger partial charge in [-0.3, -0.25) is 9.69 Å². The van der Waals surface area contributed by atoms with Crippen LogP contribution >= 0.6 is 0 Å². The molecule has 2 aliphatic heterocycles. The molecule has 0 saturated carbocycles. The van der Waals surface area contributed by atoms with Crippen LogP contribution in [0.4, 0.5) is 0 Å². The number of benzene rings is 1. The van der Waals surface area contributed by atoms with Gasteiger partial charge in [-0.05, 0) is 31.4 Å². The van der Waals surface area contributed by atoms with Gasteiger partial charge in [0.25, 0.3) is 0 Å². The smallest absolute Gasteiger partial charge is 0.229 e. The summed E-state index contributed by atoms with van der Waals surface area (Å²) in [6, 6.07) is 10.5. The molecule has 4 rings (SSSR count). The second kappa shape index (κ2) is 6.64. The molecule has 5 nitrogen and oxygen atoms in total. The average molecular weight is 338 g/mol. The average Bonchev–Trinajstić information content (AvgIpc) is 3.22. The van der Waals surface area contributed by atoms with E-state index in [-0.39, 0.29) is 5.41 Å². The fourth-order valence-electron chi connectivity index (χ4n) is 4.37. The molecule has 2 aliphatic rings. The molecule has 3 heterocycles. The predicted molar refractivity (Wildman–Crippen MR) is 97.0 cm³/mol. The first kappa shape index (κ1) is 16.3. The first-order valence-corrected chi connectivity index (χ1v) is 9.17. The van der Waals surface area contributed by atoms with Crippen LogP contribution in [-0.4, -0.2) is 51.9 Å². The summed E-state index contributed by atoms with van der Waals surface area (Å²) in [7, 11) is 1.95. The lowest BCUT2D eigenvalue weighted by atomic mass is 9.78. The Hall–Kier alpha value is -2.14. The number of imidazole rings is 1. The van der Waals surface area contributed by atoms with Gasteiger partial charge in [-0.1, -0.05) is 30.3 Å². The molecule has 1 amide bonds. The number of carbonyl (C=O) groups excluding carboxylic acids is 1. The van der Waals surface area contributed by atoms with E-state index in [4.69, 9.17) is 0 Å². The number of hydrogen-bond acceptors (Lipinski definition) is 3. The molecule has 0 radical (unpaired) electrons. The van der Waals surface area contributed by atoms with Gasteiger partial charge in [0.1, 0.15) is 0 Å². The van der Waals surface area contributed by atoms with Crippen molar-refractivity contribution in [1.29, 1.82) is 0 Å². The van der Waals surface area contributed by atoms with Crippen LogP contribution in [0.15, 0.2) is 42.9 Å². The molecule has 1 aromatic carbocycles. The highest BCUT2D eigenvalue weighted by Gasteiger charge is 2.47. The molecule has 0 aliphatic carbocycles. The van der Waals surface area contributed by atoms with Crippen molar-refractivity contribution in [3.8, 4) is 0 Å². The zero-order valence-electron chi connectivity index (χ0n) is 14.9. The zero-order valence-corrected chi connectivity index (χ0v) is 14.9. The first-order chi connectivity index (χ1) is 12.2. The van der Waals surface area contributed by atoms with Crippen molar-refractivity contribution in [2.75, 3.05) is 26.7 Å². The molecule has 2 saturated heterocycles. The molecule has 0 unspecified atom stereocenters. The number of aromatic nitrogens is 2. The molecule has 1 atom stereocenters. The maximum atomic E-state index is 12.7. The van der Waals surface area contributed by atoms with Crippen LogP contribution < -0.4 is 0 Å². The maximum Gasteiger partial charge on any atom is 0.229 e. The number of rotatable bonds is 4. The lowest BCUT2D eigenvalue weighted by Crippen LogP contribution is -2.48. The van der Waals surface area contributed by atoms with Gasteiger partial charge in [0.2, 0.25) is 5.91 Å². The monoisotopic (exact) mass is 338 g/mol. The first-order valence-electron chi connectivity index (χ1n) is 9.17. The minimum Gasteiger partial charge on any atom is -0.345 e. The van der Waals surface area contributed by atoms with Crippen molar-refractivity contribution >= 4 is 5.91 Å². The third-order valence-electron chi connectivity index (χ3n) is 5.76. The van der Waals surface area contributed by atoms with Gasteiger partial charge in [-0.15, -0.1) is 0 Å². The second-order valence-corrected chi connectivity index (χ2v) is 7.57. The molecule has 0 bridgehead atoms. The Morgan fingerprint density at radius 2 is 1.96 bits per heavy atom. The van der Waals surface area contributed by atoms with Crippen LogP contribution in [0.3, 0.4) is 0 Å². The summed E-state index contributed by atoms with van der Waals surface area (Å²) in [5, 5.41) is 0. The van der Waals surface area contributed by atoms with Gasteiger partial charge in [0.15, 0.2) is 0 Å². The molecule has 1 aromatic heterocycles. The molecule has 2 fully saturated rings. The van der Waals surface area contributed by atoms with E-state index in [9.17, 15) is 4.79 Å². The highest BCUT2D eigenvalue weighted by molar-refractivity contribution is 5.83. The standard InChI is InChI=1S/C20H26N4O/c1-22-10-5-8-20(19(22)25)9-11-23(15-20)14-18-12-21-16-24(18)13-17-6-3-2-4-7-17/h2-4,6-7,12,16H,5,8-11,13-15H2,1H3/t20-/m1/s1. The molecule has 5 heteroatoms. The predicted octanol–water partition coefficient (Wildman–Crippen LogP) is 2.38. The van der Waals surface area contributed by atoms with E-state index in [1.807, 2.05) is 30.5 Å². The van der Waals surface area contributed by atoms with Gasteiger partial charge in [-0.2, -0.15) is 0 Å². The maximum absolute atomic E-state index is 12.7. The summed E-state index contributed by atoms with van der Waals surface area (Å²) >= 11 is 0. The summed E-state index contributed by atoms with van der Waals surface area (Å²) in [5.74, 6) is 0.346. The van der Waals surface area contributed by atoms with E-state index >= 15 is 0 Å². The van der Waals surface area contributed by atoms with Gasteiger partial charge < -0.3 is 9.47 Å². The number of piperidine rings is 1. The zero-order chi connectivity index (χ0) is 17.3. The largest absolute Gasteiger partial charge is 0.345 e. The van der Waals surface area contributed by atoms with Crippen molar-refractivity contribution in [2.45, 2.75) is 32.4 Å². The molecule has 2 aromatic rings. The van der Waals surface area contributed by atoms with Crippen molar-refractivity contribution in [2.24, 2.45) is 5.41 Å². The summed E-state index contributed by atoms with van der Waals surface area (Å²) < 4.78 is 2.22. The summed E-state index contributed by atoms with van der Waals surface area (Å²) in [5.41, 5.74) is 2.36. The second-order valence-electron chi connectivity index (χ2n) is 7.57. The minimum absolute atomic E-state index is 0.142. The molecular weight excluding hydrogens is 312 g/mol. The Bertz CT molecular complexity index is 741. The van der Waals surface area contributed by atoms with Crippen molar-refractivity contribution in [1.82, 2.24) is 19.4 Å². The Balaban J connectivity index is 1.44. The van der Waals surface area contributed by atoms with E-state index in [0.717, 1.165) is 52.0 Å². The third-order valence-corrected chi connectivity index (χ3v) is 5.76. The molecule has 0 N–H and O–H groups in total. The molecule has 132 valence electrons. The molecular formula is C20H26N4O. The minimum atomic E-state index is -0.142. The lowest BCUT2D eigenvalue weighted by molar-refractivity contribution is -0.143. The van der Waals surface area contributed by atoms with Crippen molar-refractivity contribution in [3.05, 3.63) is 54.1 Å². The third kappa shape index (κ3) is 3.21. The SMILES string of the molecule is CN1CCC[C@]2(CCN(Cc3cncn3Cc3ccccc3)C2)C1=O. The number of amides is 1. The van der Waals surface area contributed by atoms with E-state index < -0.39 is 0 Å². The number of hydrogen-bond donors (Lipinski definition) is 0. The van der Waals surface area contributed by atoms with E-state index in [1.54, 1.807) is 0 Å². The van der Waals surface area contributed by atoms with E-state index in [2.05, 4.69) is 38.7 Å². The van der Waals surface area contributed by atoms with E-state index in [0.29, 0.717) is 5.91 Å². The van der Waals surface area contributed by atoms with Crippen LogP contribution in [0, 0.1) is 5.41 Å². The lowest BCUT2D eigenvalue weighted by Gasteiger charge is -2.37. The van der Waals surface area contributed by atoms with Crippen LogP contribution in [0.1, 0.15) is 30.5 Å². The number of likely N-dealkylation sites (tertiary alicyclic amines) is 2. The van der Waals surface area contributed by atoms with Gasteiger partial charge >= 0.3 is 0 Å². The molecule has 25 heavy (non-hydrogen) atoms. The van der Waals surface area contributed by atoms with Crippen LogP contribution in [0.2, 0.25) is 0 Å². The van der Waals surface area contributed by atoms with Gasteiger partial charge in [0, 0.05) is 39.4 Å². The highest BCUT2D eigenvalue weighted by Crippen LogP contribution is 2.40. The molecule has 1 spiro atoms. The quantitative estimate of drug-likeness (QED) is 0.859. The van der Waals surface area contributed by atoms with Crippen molar-refractivity contribution in [3.63, 3.8) is 0 Å². The van der Waals surface area contributed by atoms with Gasteiger partial charge in [-0.25, -0.2) is 4.98 Å². The fraction of sp³-hybridized carbons (Fsp3) is 0.500. The van der Waals surface area contributed by atoms with Crippen LogP contribution in [0.25, 0.3) is 0 Å². The van der Waals surface area contributed by atoms with Crippen LogP contribution in [-0.2, 0) is 17.9 Å². The summed E-state index contributed by atoms with van der Waals surface area (Å²) in [6.45, 7) is 4.50. The van der Waals surface area contributed by atoms with Crippen LogP contribution in [0.5, 0.6) is 0 Å². The number of nitrogens with zero attached hydrogens (tertiary/aromatic N) is 4. The Labute approximate surface area is 149 Å². The summed E-state index contributed by atoms with van der Waals surface area (Å²) in [6.07, 6.45) is 7.03. The topological polar surface area (TPSA) is 41.4 Å². The normalized spacial score (nSPS) is 24.4. The van der Waals surface area contributed by atoms with E-state index in [1.165, 1.54) is 11.3 Å². The summed E-state index contributed by atoms with van der Waals surface area (Å²) in [4.78, 5) is 21.4. The van der Waals surface area contributed by atoms with Gasteiger partial charge in [0.05, 0.1) is 17.4 Å².